The van der Waals surface area contributed by atoms with Crippen LogP contribution in [0, 0.1) is 20.8 Å². The molecule has 0 fully saturated rings. The van der Waals surface area contributed by atoms with Crippen molar-refractivity contribution >= 4 is 0 Å². The zero-order valence-electron chi connectivity index (χ0n) is 11.4. The Balaban J connectivity index is 2.58. The first kappa shape index (κ1) is 12.8. The molecule has 4 nitrogen and oxygen atoms in total. The number of rotatable bonds is 3. The maximum atomic E-state index is 9.25. The molecule has 0 atom stereocenters. The summed E-state index contributed by atoms with van der Waals surface area (Å²) in [6, 6.07) is 3.77. The van der Waals surface area contributed by atoms with E-state index in [0.29, 0.717) is 0 Å². The largest absolute Gasteiger partial charge is 0.392 e. The summed E-state index contributed by atoms with van der Waals surface area (Å²) in [6.07, 6.45) is 0.969. The summed E-state index contributed by atoms with van der Waals surface area (Å²) < 4.78 is 1.86. The van der Waals surface area contributed by atoms with Crippen LogP contribution in [0.25, 0.3) is 5.82 Å². The molecule has 2 aromatic rings. The molecule has 96 valence electrons. The van der Waals surface area contributed by atoms with Crippen LogP contribution < -0.4 is 0 Å². The van der Waals surface area contributed by atoms with Gasteiger partial charge in [0.05, 0.1) is 12.3 Å². The fraction of sp³-hybridized carbons (Fsp3) is 0.429. The number of nitrogens with zero attached hydrogens (tertiary/aromatic N) is 3. The van der Waals surface area contributed by atoms with Crippen LogP contribution in [0.2, 0.25) is 0 Å². The summed E-state index contributed by atoms with van der Waals surface area (Å²) in [5.41, 5.74) is 5.19. The number of aryl methyl sites for hydroxylation is 2. The number of hydrogen-bond acceptors (Lipinski definition) is 3. The van der Waals surface area contributed by atoms with Gasteiger partial charge in [-0.05, 0) is 50.5 Å². The van der Waals surface area contributed by atoms with Crippen LogP contribution in [-0.4, -0.2) is 19.9 Å². The molecule has 0 aliphatic rings. The standard InChI is InChI=1S/C14H19N3O/c1-5-13-10(3)16-17(11(13)4)14-7-12(8-18)6-9(2)15-14/h6-7,18H,5,8H2,1-4H3. The molecule has 0 aliphatic heterocycles. The van der Waals surface area contributed by atoms with E-state index in [0.717, 1.165) is 34.9 Å². The minimum absolute atomic E-state index is 0.0241. The molecule has 2 rings (SSSR count). The van der Waals surface area contributed by atoms with Crippen LogP contribution in [0.3, 0.4) is 0 Å². The number of hydrogen-bond donors (Lipinski definition) is 1. The van der Waals surface area contributed by atoms with Crippen LogP contribution in [-0.2, 0) is 13.0 Å². The maximum Gasteiger partial charge on any atom is 0.154 e. The van der Waals surface area contributed by atoms with Crippen LogP contribution in [0.5, 0.6) is 0 Å². The molecule has 4 heteroatoms. The zero-order valence-corrected chi connectivity index (χ0v) is 11.4. The molecule has 1 N–H and O–H groups in total. The summed E-state index contributed by atoms with van der Waals surface area (Å²) in [5, 5.41) is 13.8. The monoisotopic (exact) mass is 245 g/mol. The molecule has 0 bridgehead atoms. The van der Waals surface area contributed by atoms with Crippen molar-refractivity contribution in [2.45, 2.75) is 40.7 Å². The van der Waals surface area contributed by atoms with E-state index in [4.69, 9.17) is 0 Å². The lowest BCUT2D eigenvalue weighted by atomic mass is 10.1. The second-order valence-corrected chi connectivity index (χ2v) is 4.55. The molecule has 0 aromatic carbocycles. The molecule has 0 saturated heterocycles. The van der Waals surface area contributed by atoms with E-state index in [9.17, 15) is 5.11 Å². The predicted octanol–water partition coefficient (Wildman–Crippen LogP) is 2.25. The molecule has 0 spiro atoms. The lowest BCUT2D eigenvalue weighted by molar-refractivity contribution is 0.281. The molecule has 2 heterocycles. The lowest BCUT2D eigenvalue weighted by Crippen LogP contribution is -2.04. The van der Waals surface area contributed by atoms with Gasteiger partial charge in [-0.1, -0.05) is 6.92 Å². The van der Waals surface area contributed by atoms with Crippen molar-refractivity contribution in [3.8, 4) is 5.82 Å². The Labute approximate surface area is 107 Å². The second-order valence-electron chi connectivity index (χ2n) is 4.55. The first-order valence-corrected chi connectivity index (χ1v) is 6.20. The smallest absolute Gasteiger partial charge is 0.154 e. The topological polar surface area (TPSA) is 50.9 Å². The van der Waals surface area contributed by atoms with Crippen LogP contribution in [0.15, 0.2) is 12.1 Å². The van der Waals surface area contributed by atoms with Crippen molar-refractivity contribution < 1.29 is 5.11 Å². The highest BCUT2D eigenvalue weighted by Crippen LogP contribution is 2.18. The number of aliphatic hydroxyl groups is 1. The van der Waals surface area contributed by atoms with Crippen molar-refractivity contribution in [1.82, 2.24) is 14.8 Å². The van der Waals surface area contributed by atoms with Gasteiger partial charge in [0.15, 0.2) is 5.82 Å². The van der Waals surface area contributed by atoms with Gasteiger partial charge in [0.1, 0.15) is 0 Å². The molecular formula is C14H19N3O. The second kappa shape index (κ2) is 4.90. The third-order valence-electron chi connectivity index (χ3n) is 3.19. The van der Waals surface area contributed by atoms with Crippen molar-refractivity contribution in [2.24, 2.45) is 0 Å². The molecule has 0 unspecified atom stereocenters. The quantitative estimate of drug-likeness (QED) is 0.902. The molecule has 0 aliphatic carbocycles. The fourth-order valence-electron chi connectivity index (χ4n) is 2.33. The maximum absolute atomic E-state index is 9.25. The molecule has 2 aromatic heterocycles. The van der Waals surface area contributed by atoms with E-state index in [-0.39, 0.29) is 6.61 Å². The van der Waals surface area contributed by atoms with Gasteiger partial charge in [-0.3, -0.25) is 0 Å². The summed E-state index contributed by atoms with van der Waals surface area (Å²) in [7, 11) is 0. The Hall–Kier alpha value is -1.68. The summed E-state index contributed by atoms with van der Waals surface area (Å²) in [6.45, 7) is 8.15. The van der Waals surface area contributed by atoms with Gasteiger partial charge in [-0.15, -0.1) is 0 Å². The molecule has 0 saturated carbocycles. The Morgan fingerprint density at radius 2 is 1.94 bits per heavy atom. The normalized spacial score (nSPS) is 10.9. The fourth-order valence-corrected chi connectivity index (χ4v) is 2.33. The third kappa shape index (κ3) is 2.16. The first-order valence-electron chi connectivity index (χ1n) is 6.20. The van der Waals surface area contributed by atoms with E-state index in [1.807, 2.05) is 30.7 Å². The SMILES string of the molecule is CCc1c(C)nn(-c2cc(CO)cc(C)n2)c1C. The summed E-state index contributed by atoms with van der Waals surface area (Å²) in [4.78, 5) is 4.49. The third-order valence-corrected chi connectivity index (χ3v) is 3.19. The average molecular weight is 245 g/mol. The van der Waals surface area contributed by atoms with Crippen molar-refractivity contribution in [2.75, 3.05) is 0 Å². The van der Waals surface area contributed by atoms with Crippen LogP contribution in [0.4, 0.5) is 0 Å². The molecular weight excluding hydrogens is 226 g/mol. The minimum Gasteiger partial charge on any atom is -0.392 e. The molecule has 18 heavy (non-hydrogen) atoms. The van der Waals surface area contributed by atoms with Gasteiger partial charge in [-0.25, -0.2) is 9.67 Å². The van der Waals surface area contributed by atoms with Gasteiger partial charge < -0.3 is 5.11 Å². The predicted molar refractivity (Wildman–Crippen MR) is 70.9 cm³/mol. The van der Waals surface area contributed by atoms with Gasteiger partial charge >= 0.3 is 0 Å². The Bertz CT molecular complexity index is 573. The molecule has 0 radical (unpaired) electrons. The highest BCUT2D eigenvalue weighted by Gasteiger charge is 2.12. The Kier molecular flexibility index (Phi) is 3.48. The van der Waals surface area contributed by atoms with E-state index in [2.05, 4.69) is 23.9 Å². The van der Waals surface area contributed by atoms with Crippen LogP contribution >= 0.6 is 0 Å². The van der Waals surface area contributed by atoms with E-state index < -0.39 is 0 Å². The highest BCUT2D eigenvalue weighted by atomic mass is 16.3. The summed E-state index contributed by atoms with van der Waals surface area (Å²) >= 11 is 0. The Morgan fingerprint density at radius 3 is 2.50 bits per heavy atom. The van der Waals surface area contributed by atoms with Gasteiger partial charge in [-0.2, -0.15) is 5.10 Å². The van der Waals surface area contributed by atoms with E-state index in [1.165, 1.54) is 5.56 Å². The lowest BCUT2D eigenvalue weighted by Gasteiger charge is -2.07. The van der Waals surface area contributed by atoms with Gasteiger partial charge in [0.2, 0.25) is 0 Å². The van der Waals surface area contributed by atoms with Crippen molar-refractivity contribution in [3.05, 3.63) is 40.3 Å². The minimum atomic E-state index is 0.0241. The highest BCUT2D eigenvalue weighted by molar-refractivity contribution is 5.35. The Morgan fingerprint density at radius 1 is 1.22 bits per heavy atom. The summed E-state index contributed by atoms with van der Waals surface area (Å²) in [5.74, 6) is 0.777. The van der Waals surface area contributed by atoms with E-state index in [1.54, 1.807) is 0 Å². The first-order chi connectivity index (χ1) is 8.56. The number of pyridine rings is 1. The molecule has 0 amide bonds. The van der Waals surface area contributed by atoms with Crippen molar-refractivity contribution in [3.63, 3.8) is 0 Å². The zero-order chi connectivity index (χ0) is 13.3. The van der Waals surface area contributed by atoms with Gasteiger partial charge in [0.25, 0.3) is 0 Å². The van der Waals surface area contributed by atoms with E-state index >= 15 is 0 Å². The number of aromatic nitrogens is 3. The number of aliphatic hydroxyl groups excluding tert-OH is 1. The van der Waals surface area contributed by atoms with Gasteiger partial charge in [0, 0.05) is 11.4 Å². The average Bonchev–Trinajstić information content (AvgIpc) is 2.63. The van der Waals surface area contributed by atoms with Crippen molar-refractivity contribution in [1.29, 1.82) is 0 Å². The van der Waals surface area contributed by atoms with Crippen LogP contribution in [0.1, 0.15) is 35.1 Å².